The fourth-order valence-electron chi connectivity index (χ4n) is 2.28. The summed E-state index contributed by atoms with van der Waals surface area (Å²) < 4.78 is 55.3. The Morgan fingerprint density at radius 2 is 1.43 bits per heavy atom. The summed E-state index contributed by atoms with van der Waals surface area (Å²) in [4.78, 5) is -0.232. The lowest BCUT2D eigenvalue weighted by Crippen LogP contribution is -2.17. The average Bonchev–Trinajstić information content (AvgIpc) is 3.21. The maximum absolute atomic E-state index is 12.8. The van der Waals surface area contributed by atoms with E-state index in [1.54, 1.807) is 11.4 Å². The SMILES string of the molecule is N#Cc1ccc(S(=O)(=O)Nc2cc(Cl)c(Cl)cc2NS(=O)(=O)c2cccs2)cc1Cl. The monoisotopic (exact) mass is 521 g/mol. The lowest BCUT2D eigenvalue weighted by Gasteiger charge is -2.15. The van der Waals surface area contributed by atoms with Crippen LogP contribution in [-0.2, 0) is 20.0 Å². The van der Waals surface area contributed by atoms with Crippen LogP contribution < -0.4 is 9.44 Å². The van der Waals surface area contributed by atoms with Crippen LogP contribution in [0.2, 0.25) is 15.1 Å². The van der Waals surface area contributed by atoms with Crippen molar-refractivity contribution in [3.8, 4) is 6.07 Å². The first-order chi connectivity index (χ1) is 14.0. The summed E-state index contributed by atoms with van der Waals surface area (Å²) >= 11 is 18.9. The maximum atomic E-state index is 12.8. The molecule has 0 saturated heterocycles. The summed E-state index contributed by atoms with van der Waals surface area (Å²) in [6.45, 7) is 0. The van der Waals surface area contributed by atoms with Gasteiger partial charge < -0.3 is 0 Å². The van der Waals surface area contributed by atoms with Crippen molar-refractivity contribution in [1.29, 1.82) is 5.26 Å². The van der Waals surface area contributed by atoms with Crippen LogP contribution in [-0.4, -0.2) is 16.8 Å². The number of hydrogen-bond donors (Lipinski definition) is 2. The van der Waals surface area contributed by atoms with Gasteiger partial charge in [0, 0.05) is 0 Å². The van der Waals surface area contributed by atoms with E-state index in [2.05, 4.69) is 9.44 Å². The number of hydrogen-bond acceptors (Lipinski definition) is 6. The lowest BCUT2D eigenvalue weighted by atomic mass is 10.2. The Morgan fingerprint density at radius 3 is 1.93 bits per heavy atom. The number of nitriles is 1. The van der Waals surface area contributed by atoms with Gasteiger partial charge in [0.15, 0.2) is 0 Å². The van der Waals surface area contributed by atoms with Crippen LogP contribution in [0.5, 0.6) is 0 Å². The van der Waals surface area contributed by atoms with Crippen LogP contribution in [0.3, 0.4) is 0 Å². The van der Waals surface area contributed by atoms with E-state index in [4.69, 9.17) is 40.1 Å². The summed E-state index contributed by atoms with van der Waals surface area (Å²) in [5, 5.41) is 10.5. The van der Waals surface area contributed by atoms with Crippen LogP contribution in [0.25, 0.3) is 0 Å². The normalized spacial score (nSPS) is 11.7. The predicted octanol–water partition coefficient (Wildman–Crippen LogP) is 5.18. The number of halogens is 3. The Balaban J connectivity index is 2.03. The van der Waals surface area contributed by atoms with Crippen LogP contribution in [0.1, 0.15) is 5.56 Å². The summed E-state index contributed by atoms with van der Waals surface area (Å²) in [7, 11) is -8.18. The second kappa shape index (κ2) is 8.63. The van der Waals surface area contributed by atoms with Crippen molar-refractivity contribution in [3.63, 3.8) is 0 Å². The smallest absolute Gasteiger partial charge is 0.271 e. The van der Waals surface area contributed by atoms with Gasteiger partial charge in [0.2, 0.25) is 0 Å². The highest BCUT2D eigenvalue weighted by Crippen LogP contribution is 2.36. The number of anilines is 2. The van der Waals surface area contributed by atoms with E-state index in [9.17, 15) is 16.8 Å². The van der Waals surface area contributed by atoms with Crippen molar-refractivity contribution in [2.24, 2.45) is 0 Å². The molecule has 0 amide bonds. The molecule has 0 saturated carbocycles. The highest BCUT2D eigenvalue weighted by molar-refractivity contribution is 7.94. The summed E-state index contributed by atoms with van der Waals surface area (Å²) in [6, 6.07) is 10.7. The second-order valence-electron chi connectivity index (χ2n) is 5.71. The van der Waals surface area contributed by atoms with E-state index in [0.29, 0.717) is 0 Å². The van der Waals surface area contributed by atoms with E-state index in [1.807, 2.05) is 6.07 Å². The van der Waals surface area contributed by atoms with E-state index in [-0.39, 0.29) is 41.1 Å². The molecule has 0 spiro atoms. The minimum Gasteiger partial charge on any atom is -0.277 e. The second-order valence-corrected chi connectivity index (χ2v) is 11.5. The van der Waals surface area contributed by atoms with Crippen LogP contribution in [0, 0.1) is 11.3 Å². The molecule has 0 radical (unpaired) electrons. The van der Waals surface area contributed by atoms with Gasteiger partial charge in [-0.3, -0.25) is 9.44 Å². The Labute approximate surface area is 191 Å². The zero-order valence-corrected chi connectivity index (χ0v) is 19.3. The molecule has 3 aromatic rings. The molecule has 7 nitrogen and oxygen atoms in total. The molecule has 30 heavy (non-hydrogen) atoms. The molecule has 1 aromatic heterocycles. The van der Waals surface area contributed by atoms with Crippen molar-refractivity contribution in [3.05, 3.63) is 68.5 Å². The van der Waals surface area contributed by atoms with Crippen LogP contribution in [0.4, 0.5) is 11.4 Å². The number of benzene rings is 2. The molecule has 0 aliphatic rings. The zero-order valence-electron chi connectivity index (χ0n) is 14.6. The highest BCUT2D eigenvalue weighted by Gasteiger charge is 2.22. The van der Waals surface area contributed by atoms with Crippen molar-refractivity contribution in [2.75, 3.05) is 9.44 Å². The van der Waals surface area contributed by atoms with Crippen LogP contribution in [0.15, 0.2) is 56.9 Å². The molecule has 2 N–H and O–H groups in total. The fraction of sp³-hybridized carbons (Fsp3) is 0. The van der Waals surface area contributed by atoms with Crippen molar-refractivity contribution in [1.82, 2.24) is 0 Å². The minimum absolute atomic E-state index is 0.00583. The van der Waals surface area contributed by atoms with Gasteiger partial charge in [-0.05, 0) is 41.8 Å². The summed E-state index contributed by atoms with van der Waals surface area (Å²) in [5.74, 6) is 0. The number of nitrogens with one attached hydrogen (secondary N) is 2. The van der Waals surface area contributed by atoms with Gasteiger partial charge in [-0.1, -0.05) is 40.9 Å². The molecule has 156 valence electrons. The van der Waals surface area contributed by atoms with Gasteiger partial charge in [0.25, 0.3) is 20.0 Å². The molecule has 0 bridgehead atoms. The van der Waals surface area contributed by atoms with Gasteiger partial charge >= 0.3 is 0 Å². The topological polar surface area (TPSA) is 116 Å². The fourth-order valence-corrected chi connectivity index (χ4v) is 6.06. The third-order valence-corrected chi connectivity index (χ3v) is 8.84. The van der Waals surface area contributed by atoms with Crippen LogP contribution >= 0.6 is 46.1 Å². The molecule has 13 heteroatoms. The van der Waals surface area contributed by atoms with E-state index in [0.717, 1.165) is 17.4 Å². The first-order valence-electron chi connectivity index (χ1n) is 7.81. The first-order valence-corrected chi connectivity index (χ1v) is 12.8. The minimum atomic E-state index is -4.20. The van der Waals surface area contributed by atoms with Gasteiger partial charge in [0.05, 0.1) is 36.9 Å². The summed E-state index contributed by atoms with van der Waals surface area (Å²) in [5.41, 5.74) is -0.166. The first kappa shape index (κ1) is 22.7. The van der Waals surface area contributed by atoms with Crippen molar-refractivity contribution < 1.29 is 16.8 Å². The third kappa shape index (κ3) is 4.83. The molecule has 0 aliphatic carbocycles. The molecule has 2 aromatic carbocycles. The predicted molar refractivity (Wildman–Crippen MR) is 119 cm³/mol. The van der Waals surface area contributed by atoms with E-state index in [1.165, 1.54) is 30.3 Å². The quantitative estimate of drug-likeness (QED) is 0.462. The molecular formula is C17H10Cl3N3O4S3. The molecule has 0 unspecified atom stereocenters. The van der Waals surface area contributed by atoms with E-state index >= 15 is 0 Å². The van der Waals surface area contributed by atoms with E-state index < -0.39 is 20.0 Å². The number of thiophene rings is 1. The third-order valence-electron chi connectivity index (χ3n) is 3.68. The molecule has 0 atom stereocenters. The number of rotatable bonds is 6. The Bertz CT molecular complexity index is 1370. The number of sulfonamides is 2. The lowest BCUT2D eigenvalue weighted by molar-refractivity contribution is 0.599. The standard InChI is InChI=1S/C17H10Cl3N3O4S3/c18-12-6-11(4-3-10(12)9-21)29(24,25)22-15-7-13(19)14(20)8-16(15)23-30(26,27)17-2-1-5-28-17/h1-8,22-23H. The molecule has 0 aliphatic heterocycles. The van der Waals surface area contributed by atoms with Gasteiger partial charge in [-0.2, -0.15) is 5.26 Å². The average molecular weight is 523 g/mol. The summed E-state index contributed by atoms with van der Waals surface area (Å²) in [6.07, 6.45) is 0. The Kier molecular flexibility index (Phi) is 6.52. The van der Waals surface area contributed by atoms with Crippen molar-refractivity contribution >= 4 is 77.6 Å². The molecular weight excluding hydrogens is 513 g/mol. The highest BCUT2D eigenvalue weighted by atomic mass is 35.5. The molecule has 0 fully saturated rings. The largest absolute Gasteiger partial charge is 0.277 e. The maximum Gasteiger partial charge on any atom is 0.271 e. The molecule has 3 rings (SSSR count). The van der Waals surface area contributed by atoms with Crippen molar-refractivity contribution in [2.45, 2.75) is 9.10 Å². The molecule has 1 heterocycles. The Hall–Kier alpha value is -2.00. The Morgan fingerprint density at radius 1 is 0.833 bits per heavy atom. The van der Waals surface area contributed by atoms with Gasteiger partial charge in [-0.25, -0.2) is 16.8 Å². The number of nitrogens with zero attached hydrogens (tertiary/aromatic N) is 1. The van der Waals surface area contributed by atoms with Gasteiger partial charge in [0.1, 0.15) is 10.3 Å². The zero-order chi connectivity index (χ0) is 22.1. The van der Waals surface area contributed by atoms with Gasteiger partial charge in [-0.15, -0.1) is 11.3 Å².